The maximum Gasteiger partial charge on any atom is 0.489 e. The van der Waals surface area contributed by atoms with Gasteiger partial charge < -0.3 is 33.8 Å². The molecule has 3 unspecified atom stereocenters. The second kappa shape index (κ2) is 16.0. The van der Waals surface area contributed by atoms with Gasteiger partial charge in [-0.05, 0) is 67.5 Å². The number of ether oxygens (including phenoxy) is 3. The average Bonchev–Trinajstić information content (AvgIpc) is 3.56. The van der Waals surface area contributed by atoms with E-state index in [0.29, 0.717) is 11.0 Å². The molecule has 0 saturated carbocycles. The molecule has 22 heteroatoms. The van der Waals surface area contributed by atoms with Gasteiger partial charge in [0.25, 0.3) is 5.56 Å². The summed E-state index contributed by atoms with van der Waals surface area (Å²) in [6.07, 6.45) is -9.26. The highest BCUT2D eigenvalue weighted by Gasteiger charge is 2.48. The van der Waals surface area contributed by atoms with E-state index in [9.17, 15) is 43.4 Å². The third-order valence-corrected chi connectivity index (χ3v) is 10.6. The van der Waals surface area contributed by atoms with E-state index >= 15 is 0 Å². The Morgan fingerprint density at radius 3 is 2.06 bits per heavy atom. The molecule has 2 aromatic heterocycles. The van der Waals surface area contributed by atoms with E-state index in [1.807, 2.05) is 0 Å². The van der Waals surface area contributed by atoms with E-state index in [0.717, 1.165) is 35.2 Å². The van der Waals surface area contributed by atoms with Crippen LogP contribution in [0.2, 0.25) is 0 Å². The zero-order chi connectivity index (χ0) is 39.7. The minimum absolute atomic E-state index is 0.268. The van der Waals surface area contributed by atoms with Gasteiger partial charge in [-0.25, -0.2) is 23.0 Å². The molecule has 7 atom stereocenters. The average molecular weight is 792 g/mol. The Bertz CT molecular complexity index is 1970. The number of aliphatic hydroxyl groups excluding tert-OH is 2. The molecule has 3 aromatic rings. The molecule has 0 spiro atoms. The number of aliphatic hydroxyl groups is 2. The van der Waals surface area contributed by atoms with Gasteiger partial charge >= 0.3 is 33.3 Å². The van der Waals surface area contributed by atoms with Gasteiger partial charge in [0.15, 0.2) is 11.8 Å². The summed E-state index contributed by atoms with van der Waals surface area (Å²) in [7, 11) is -10.8. The van der Waals surface area contributed by atoms with E-state index < -0.39 is 93.4 Å². The predicted molar refractivity (Wildman–Crippen MR) is 181 cm³/mol. The minimum Gasteiger partial charge on any atom is -0.435 e. The summed E-state index contributed by atoms with van der Waals surface area (Å²) < 4.78 is 69.4. The van der Waals surface area contributed by atoms with Crippen molar-refractivity contribution >= 4 is 38.6 Å². The molecule has 0 aliphatic carbocycles. The number of hydrogen-bond acceptors (Lipinski definition) is 17. The van der Waals surface area contributed by atoms with Gasteiger partial charge in [-0.15, -0.1) is 0 Å². The monoisotopic (exact) mass is 791 g/mol. The Balaban J connectivity index is 1.49. The van der Waals surface area contributed by atoms with Crippen LogP contribution in [0.1, 0.15) is 67.3 Å². The molecule has 294 valence electrons. The van der Waals surface area contributed by atoms with Gasteiger partial charge in [-0.3, -0.25) is 28.0 Å². The van der Waals surface area contributed by atoms with Crippen LogP contribution in [0.15, 0.2) is 50.6 Å². The fourth-order valence-electron chi connectivity index (χ4n) is 4.61. The summed E-state index contributed by atoms with van der Waals surface area (Å²) in [5, 5.41) is 26.0. The minimum atomic E-state index is -5.52. The maximum absolute atomic E-state index is 13.7. The summed E-state index contributed by atoms with van der Waals surface area (Å²) >= 11 is 0. The Hall–Kier alpha value is -3.55. The lowest BCUT2D eigenvalue weighted by molar-refractivity contribution is -0.179. The van der Waals surface area contributed by atoms with E-state index in [2.05, 4.69) is 5.16 Å². The second-order valence-corrected chi connectivity index (χ2v) is 17.2. The molecule has 1 aliphatic rings. The smallest absolute Gasteiger partial charge is 0.435 e. The molecule has 3 heterocycles. The van der Waals surface area contributed by atoms with Crippen LogP contribution in [0.5, 0.6) is 0 Å². The molecule has 20 nitrogen and oxygen atoms in total. The highest BCUT2D eigenvalue weighted by Crippen LogP contribution is 2.64. The van der Waals surface area contributed by atoms with Crippen molar-refractivity contribution in [1.29, 1.82) is 0 Å². The van der Waals surface area contributed by atoms with Crippen LogP contribution in [0, 0.1) is 10.8 Å². The molecule has 1 aliphatic heterocycles. The third kappa shape index (κ3) is 10.6. The quantitative estimate of drug-likeness (QED) is 0.120. The van der Waals surface area contributed by atoms with Crippen molar-refractivity contribution in [2.45, 2.75) is 99.1 Å². The fourth-order valence-corrected chi connectivity index (χ4v) is 7.32. The zero-order valence-electron chi connectivity index (χ0n) is 30.1. The second-order valence-electron chi connectivity index (χ2n) is 14.1. The van der Waals surface area contributed by atoms with E-state index in [1.54, 1.807) is 24.3 Å². The Morgan fingerprint density at radius 1 is 0.925 bits per heavy atom. The number of phosphoric ester groups is 2. The molecule has 0 amide bonds. The molecule has 1 fully saturated rings. The SMILES string of the molecule is CC(OC(=O)C(C)(C)C)OP(=O)(OC(C)OC(=O)C(C)(C)C)OP(=O)(O)OC[C@H]1O[C@@H](n2ccc(=O)n(Cc3noc4ccccc34)c2=O)[C@@H](O)[C@H]1O. The number of phosphoric acid groups is 2. The zero-order valence-corrected chi connectivity index (χ0v) is 31.9. The topological polar surface area (TPSA) is 264 Å². The van der Waals surface area contributed by atoms with Gasteiger partial charge in [0, 0.05) is 17.6 Å². The van der Waals surface area contributed by atoms with Crippen LogP contribution in [0.25, 0.3) is 11.0 Å². The summed E-state index contributed by atoms with van der Waals surface area (Å²) in [4.78, 5) is 61.4. The van der Waals surface area contributed by atoms with Gasteiger partial charge in [0.1, 0.15) is 24.0 Å². The van der Waals surface area contributed by atoms with Crippen LogP contribution in [-0.2, 0) is 57.4 Å². The molecule has 53 heavy (non-hydrogen) atoms. The van der Waals surface area contributed by atoms with Gasteiger partial charge in [0.2, 0.25) is 12.6 Å². The van der Waals surface area contributed by atoms with Crippen LogP contribution in [0.3, 0.4) is 0 Å². The Morgan fingerprint density at radius 2 is 1.49 bits per heavy atom. The first-order valence-corrected chi connectivity index (χ1v) is 19.1. The summed E-state index contributed by atoms with van der Waals surface area (Å²) in [6, 6.07) is 7.78. The number of fused-ring (bicyclic) bond motifs is 1. The summed E-state index contributed by atoms with van der Waals surface area (Å²) in [5.41, 5.74) is -3.06. The molecule has 3 N–H and O–H groups in total. The van der Waals surface area contributed by atoms with Gasteiger partial charge in [-0.2, -0.15) is 4.31 Å². The number of esters is 2. The van der Waals surface area contributed by atoms with Crippen LogP contribution >= 0.6 is 15.6 Å². The van der Waals surface area contributed by atoms with Crippen molar-refractivity contribution < 1.29 is 70.4 Å². The van der Waals surface area contributed by atoms with Crippen molar-refractivity contribution in [3.05, 3.63) is 63.1 Å². The standard InChI is InChI=1S/C31H43N3O17P2/c1-17(45-27(38)30(3,4)5)49-53(43,50-18(2)46-28(39)31(6,7)8)51-52(41,42)44-16-22-24(36)25(37)26(47-22)33-14-13-23(35)34(29(33)40)15-20-19-11-9-10-12-21(19)48-32-20/h9-14,17-18,22,24-26,36-37H,15-16H2,1-8H3,(H,41,42)/t17?,18?,22-,24+,25+,26-,53?/m1/s1. The number of benzene rings is 1. The lowest BCUT2D eigenvalue weighted by Gasteiger charge is -2.28. The lowest BCUT2D eigenvalue weighted by atomic mass is 9.97. The number of para-hydroxylation sites is 1. The van der Waals surface area contributed by atoms with Crippen molar-refractivity contribution in [3.8, 4) is 0 Å². The van der Waals surface area contributed by atoms with Crippen molar-refractivity contribution in [2.75, 3.05) is 6.61 Å². The van der Waals surface area contributed by atoms with E-state index in [-0.39, 0.29) is 12.2 Å². The molecule has 1 aromatic carbocycles. The molecular weight excluding hydrogens is 748 g/mol. The molecule has 0 bridgehead atoms. The largest absolute Gasteiger partial charge is 0.489 e. The van der Waals surface area contributed by atoms with E-state index in [1.165, 1.54) is 41.5 Å². The number of carbonyl (C=O) groups excluding carboxylic acids is 2. The molecular formula is C31H43N3O17P2. The Labute approximate surface area is 302 Å². The highest BCUT2D eigenvalue weighted by atomic mass is 31.3. The number of nitrogens with zero attached hydrogens (tertiary/aromatic N) is 3. The first-order chi connectivity index (χ1) is 24.4. The van der Waals surface area contributed by atoms with Gasteiger partial charge in [-0.1, -0.05) is 17.3 Å². The predicted octanol–water partition coefficient (Wildman–Crippen LogP) is 2.96. The summed E-state index contributed by atoms with van der Waals surface area (Å²) in [5.74, 6) is -1.62. The third-order valence-electron chi connectivity index (χ3n) is 7.40. The number of rotatable bonds is 14. The van der Waals surface area contributed by atoms with Crippen molar-refractivity contribution in [2.24, 2.45) is 10.8 Å². The van der Waals surface area contributed by atoms with Crippen molar-refractivity contribution in [3.63, 3.8) is 0 Å². The fraction of sp³-hybridized carbons (Fsp3) is 0.581. The molecule has 1 saturated heterocycles. The van der Waals surface area contributed by atoms with E-state index in [4.69, 9.17) is 36.6 Å². The maximum atomic E-state index is 13.7. The Kier molecular flexibility index (Phi) is 12.8. The van der Waals surface area contributed by atoms with Crippen LogP contribution in [0.4, 0.5) is 0 Å². The van der Waals surface area contributed by atoms with Crippen LogP contribution in [-0.4, -0.2) is 78.8 Å². The highest BCUT2D eigenvalue weighted by molar-refractivity contribution is 7.61. The number of aromatic nitrogens is 3. The normalized spacial score (nSPS) is 22.8. The summed E-state index contributed by atoms with van der Waals surface area (Å²) in [6.45, 7) is 10.0. The molecule has 0 radical (unpaired) electrons. The first-order valence-electron chi connectivity index (χ1n) is 16.2. The van der Waals surface area contributed by atoms with Crippen molar-refractivity contribution in [1.82, 2.24) is 14.3 Å². The number of carbonyl (C=O) groups is 2. The lowest BCUT2D eigenvalue weighted by Crippen LogP contribution is -2.43. The first kappa shape index (κ1) is 42.2. The number of hydrogen-bond donors (Lipinski definition) is 3. The van der Waals surface area contributed by atoms with Gasteiger partial charge in [0.05, 0.1) is 24.0 Å². The molecule has 4 rings (SSSR count). The van der Waals surface area contributed by atoms with Crippen LogP contribution < -0.4 is 11.2 Å².